The summed E-state index contributed by atoms with van der Waals surface area (Å²) in [4.78, 5) is 10.5. The first kappa shape index (κ1) is 8.83. The quantitative estimate of drug-likeness (QED) is 0.576. The molecule has 1 N–H and O–H groups in total. The number of amides is 1. The van der Waals surface area contributed by atoms with Crippen molar-refractivity contribution in [2.24, 2.45) is 0 Å². The average molecular weight is 141 g/mol. The molecule has 0 aromatic carbocycles. The summed E-state index contributed by atoms with van der Waals surface area (Å²) >= 11 is 0. The van der Waals surface area contributed by atoms with Crippen LogP contribution in [-0.4, -0.2) is 19.2 Å². The highest BCUT2D eigenvalue weighted by molar-refractivity contribution is 5.67. The van der Waals surface area contributed by atoms with E-state index >= 15 is 0 Å². The van der Waals surface area contributed by atoms with Gasteiger partial charge in [-0.2, -0.15) is 0 Å². The fraction of sp³-hybridized carbons (Fsp3) is 0.571. The highest BCUT2D eigenvalue weighted by atomic mass is 16.5. The fourth-order valence-corrected chi connectivity index (χ4v) is 0.463. The normalized spacial score (nSPS) is 11.3. The third kappa shape index (κ3) is 2.98. The van der Waals surface area contributed by atoms with E-state index in [2.05, 4.69) is 16.0 Å². The molecule has 0 aliphatic carbocycles. The zero-order valence-electron chi connectivity index (χ0n) is 6.18. The van der Waals surface area contributed by atoms with Gasteiger partial charge in [-0.3, -0.25) is 0 Å². The van der Waals surface area contributed by atoms with Crippen LogP contribution in [0.2, 0.25) is 0 Å². The molecule has 3 nitrogen and oxygen atoms in total. The molecule has 0 heterocycles. The molecule has 0 rings (SSSR count). The Balaban J connectivity index is 3.66. The minimum absolute atomic E-state index is 0.215. The SMILES string of the molecule is C#CC(CC)NC(=O)OC. The van der Waals surface area contributed by atoms with E-state index in [1.165, 1.54) is 7.11 Å². The minimum Gasteiger partial charge on any atom is -0.453 e. The molecular formula is C7H11NO2. The molecule has 1 unspecified atom stereocenters. The van der Waals surface area contributed by atoms with Crippen LogP contribution < -0.4 is 5.32 Å². The van der Waals surface area contributed by atoms with Crippen molar-refractivity contribution < 1.29 is 9.53 Å². The van der Waals surface area contributed by atoms with Crippen LogP contribution in [0.4, 0.5) is 4.79 Å². The van der Waals surface area contributed by atoms with Crippen LogP contribution in [-0.2, 0) is 4.74 Å². The van der Waals surface area contributed by atoms with Crippen molar-refractivity contribution in [3.8, 4) is 12.3 Å². The van der Waals surface area contributed by atoms with Crippen molar-refractivity contribution in [1.29, 1.82) is 0 Å². The largest absolute Gasteiger partial charge is 0.453 e. The monoisotopic (exact) mass is 141 g/mol. The van der Waals surface area contributed by atoms with Gasteiger partial charge in [-0.25, -0.2) is 4.79 Å². The van der Waals surface area contributed by atoms with E-state index in [4.69, 9.17) is 6.42 Å². The van der Waals surface area contributed by atoms with Gasteiger partial charge in [0.15, 0.2) is 0 Å². The molecule has 0 saturated carbocycles. The summed E-state index contributed by atoms with van der Waals surface area (Å²) in [7, 11) is 1.30. The van der Waals surface area contributed by atoms with Gasteiger partial charge in [0.25, 0.3) is 0 Å². The first-order valence-corrected chi connectivity index (χ1v) is 3.05. The lowest BCUT2D eigenvalue weighted by molar-refractivity contribution is 0.169. The topological polar surface area (TPSA) is 38.3 Å². The summed E-state index contributed by atoms with van der Waals surface area (Å²) in [5, 5.41) is 2.47. The maximum Gasteiger partial charge on any atom is 0.407 e. The molecule has 56 valence electrons. The second-order valence-electron chi connectivity index (χ2n) is 1.76. The van der Waals surface area contributed by atoms with Gasteiger partial charge in [-0.15, -0.1) is 6.42 Å². The predicted molar refractivity (Wildman–Crippen MR) is 38.5 cm³/mol. The fourth-order valence-electron chi connectivity index (χ4n) is 0.463. The van der Waals surface area contributed by atoms with Gasteiger partial charge in [-0.1, -0.05) is 12.8 Å². The molecule has 0 spiro atoms. The highest BCUT2D eigenvalue weighted by Gasteiger charge is 2.04. The second kappa shape index (κ2) is 4.68. The average Bonchev–Trinajstić information content (AvgIpc) is 1.99. The molecular weight excluding hydrogens is 130 g/mol. The number of hydrogen-bond donors (Lipinski definition) is 1. The molecule has 0 aliphatic rings. The van der Waals surface area contributed by atoms with Crippen LogP contribution in [0.25, 0.3) is 0 Å². The molecule has 1 atom stereocenters. The number of rotatable bonds is 2. The van der Waals surface area contributed by atoms with E-state index in [1.807, 2.05) is 6.92 Å². The van der Waals surface area contributed by atoms with Gasteiger partial charge in [-0.05, 0) is 6.42 Å². The van der Waals surface area contributed by atoms with Crippen molar-refractivity contribution in [2.75, 3.05) is 7.11 Å². The summed E-state index contributed by atoms with van der Waals surface area (Å²) in [6.45, 7) is 1.89. The van der Waals surface area contributed by atoms with Crippen LogP contribution >= 0.6 is 0 Å². The molecule has 0 bridgehead atoms. The lowest BCUT2D eigenvalue weighted by Gasteiger charge is -2.07. The van der Waals surface area contributed by atoms with Gasteiger partial charge in [0.2, 0.25) is 0 Å². The van der Waals surface area contributed by atoms with E-state index < -0.39 is 6.09 Å². The Morgan fingerprint density at radius 2 is 2.50 bits per heavy atom. The number of nitrogens with one attached hydrogen (secondary N) is 1. The summed E-state index contributed by atoms with van der Waals surface area (Å²) in [5.41, 5.74) is 0. The lowest BCUT2D eigenvalue weighted by atomic mass is 10.2. The maximum atomic E-state index is 10.5. The van der Waals surface area contributed by atoms with E-state index in [-0.39, 0.29) is 6.04 Å². The van der Waals surface area contributed by atoms with Crippen LogP contribution in [0.3, 0.4) is 0 Å². The van der Waals surface area contributed by atoms with Gasteiger partial charge < -0.3 is 10.1 Å². The number of carbonyl (C=O) groups is 1. The van der Waals surface area contributed by atoms with E-state index in [1.54, 1.807) is 0 Å². The standard InChI is InChI=1S/C7H11NO2/c1-4-6(5-2)8-7(9)10-3/h1,6H,5H2,2-3H3,(H,8,9). The van der Waals surface area contributed by atoms with Crippen molar-refractivity contribution in [3.63, 3.8) is 0 Å². The number of methoxy groups -OCH3 is 1. The van der Waals surface area contributed by atoms with Crippen molar-refractivity contribution in [1.82, 2.24) is 5.32 Å². The Hall–Kier alpha value is -1.17. The molecule has 0 radical (unpaired) electrons. The molecule has 0 aromatic heterocycles. The van der Waals surface area contributed by atoms with Gasteiger partial charge >= 0.3 is 6.09 Å². The van der Waals surface area contributed by atoms with Gasteiger partial charge in [0.05, 0.1) is 13.2 Å². The van der Waals surface area contributed by atoms with Crippen LogP contribution in [0, 0.1) is 12.3 Å². The Morgan fingerprint density at radius 3 is 2.80 bits per heavy atom. The van der Waals surface area contributed by atoms with E-state index in [9.17, 15) is 4.79 Å². The zero-order chi connectivity index (χ0) is 7.98. The van der Waals surface area contributed by atoms with Crippen molar-refractivity contribution in [2.45, 2.75) is 19.4 Å². The minimum atomic E-state index is -0.482. The number of carbonyl (C=O) groups excluding carboxylic acids is 1. The Kier molecular flexibility index (Phi) is 4.14. The zero-order valence-corrected chi connectivity index (χ0v) is 6.18. The molecule has 10 heavy (non-hydrogen) atoms. The summed E-state index contributed by atoms with van der Waals surface area (Å²) in [5.74, 6) is 2.41. The molecule has 0 aliphatic heterocycles. The summed E-state index contributed by atoms with van der Waals surface area (Å²) in [6, 6.07) is -0.215. The van der Waals surface area contributed by atoms with E-state index in [0.29, 0.717) is 6.42 Å². The molecule has 3 heteroatoms. The number of ether oxygens (including phenoxy) is 1. The summed E-state index contributed by atoms with van der Waals surface area (Å²) < 4.78 is 4.34. The second-order valence-corrected chi connectivity index (χ2v) is 1.76. The Bertz CT molecular complexity index is 148. The maximum absolute atomic E-state index is 10.5. The first-order chi connectivity index (χ1) is 4.74. The van der Waals surface area contributed by atoms with Crippen LogP contribution in [0.1, 0.15) is 13.3 Å². The number of hydrogen-bond acceptors (Lipinski definition) is 2. The molecule has 1 amide bonds. The third-order valence-electron chi connectivity index (χ3n) is 1.09. The van der Waals surface area contributed by atoms with Crippen LogP contribution in [0.15, 0.2) is 0 Å². The predicted octanol–water partition coefficient (Wildman–Crippen LogP) is 0.754. The smallest absolute Gasteiger partial charge is 0.407 e. The van der Waals surface area contributed by atoms with Gasteiger partial charge in [0.1, 0.15) is 0 Å². The van der Waals surface area contributed by atoms with Crippen LogP contribution in [0.5, 0.6) is 0 Å². The molecule has 0 saturated heterocycles. The number of terminal acetylenes is 1. The highest BCUT2D eigenvalue weighted by Crippen LogP contribution is 1.87. The molecule has 0 fully saturated rings. The van der Waals surface area contributed by atoms with Crippen molar-refractivity contribution >= 4 is 6.09 Å². The Morgan fingerprint density at radius 1 is 1.90 bits per heavy atom. The van der Waals surface area contributed by atoms with Gasteiger partial charge in [0, 0.05) is 0 Å². The Labute approximate surface area is 60.8 Å². The number of alkyl carbamates (subject to hydrolysis) is 1. The third-order valence-corrected chi connectivity index (χ3v) is 1.09. The molecule has 0 aromatic rings. The summed E-state index contributed by atoms with van der Waals surface area (Å²) in [6.07, 6.45) is 5.30. The van der Waals surface area contributed by atoms with Crippen molar-refractivity contribution in [3.05, 3.63) is 0 Å². The first-order valence-electron chi connectivity index (χ1n) is 3.05. The van der Waals surface area contributed by atoms with E-state index in [0.717, 1.165) is 0 Å². The lowest BCUT2D eigenvalue weighted by Crippen LogP contribution is -2.32.